The number of benzene rings is 2. The predicted octanol–water partition coefficient (Wildman–Crippen LogP) is 2.91. The Labute approximate surface area is 114 Å². The number of aromatic hydroxyl groups is 1. The van der Waals surface area contributed by atoms with Crippen LogP contribution in [0.4, 0.5) is 8.78 Å². The molecular weight excluding hydrogens is 264 g/mol. The number of hydrogen-bond acceptors (Lipinski definition) is 2. The molecule has 0 bridgehead atoms. The topological polar surface area (TPSA) is 49.3 Å². The molecule has 104 valence electrons. The molecule has 20 heavy (non-hydrogen) atoms. The summed E-state index contributed by atoms with van der Waals surface area (Å²) >= 11 is 0. The number of carbonyl (C=O) groups excluding carboxylic acids is 1. The van der Waals surface area contributed by atoms with E-state index < -0.39 is 17.5 Å². The molecule has 0 spiro atoms. The van der Waals surface area contributed by atoms with E-state index in [2.05, 4.69) is 5.32 Å². The van der Waals surface area contributed by atoms with E-state index in [-0.39, 0.29) is 23.4 Å². The van der Waals surface area contributed by atoms with E-state index in [0.717, 1.165) is 5.56 Å². The number of rotatable bonds is 3. The molecule has 0 aliphatic heterocycles. The number of hydrogen-bond donors (Lipinski definition) is 2. The van der Waals surface area contributed by atoms with Gasteiger partial charge >= 0.3 is 0 Å². The summed E-state index contributed by atoms with van der Waals surface area (Å²) in [5.74, 6) is -2.06. The van der Waals surface area contributed by atoms with Gasteiger partial charge in [0, 0.05) is 12.6 Å². The summed E-state index contributed by atoms with van der Waals surface area (Å²) in [6.07, 6.45) is 0. The second-order valence-corrected chi connectivity index (χ2v) is 4.43. The summed E-state index contributed by atoms with van der Waals surface area (Å²) in [6.45, 7) is 1.65. The van der Waals surface area contributed by atoms with Gasteiger partial charge in [0.25, 0.3) is 5.91 Å². The van der Waals surface area contributed by atoms with E-state index in [1.54, 1.807) is 12.1 Å². The maximum Gasteiger partial charge on any atom is 0.254 e. The molecule has 0 saturated heterocycles. The van der Waals surface area contributed by atoms with Gasteiger partial charge in [-0.3, -0.25) is 4.79 Å². The molecule has 0 atom stereocenters. The van der Waals surface area contributed by atoms with Crippen molar-refractivity contribution < 1.29 is 18.7 Å². The minimum Gasteiger partial charge on any atom is -0.508 e. The fourth-order valence-corrected chi connectivity index (χ4v) is 1.72. The molecule has 2 rings (SSSR count). The third-order valence-corrected chi connectivity index (χ3v) is 2.88. The lowest BCUT2D eigenvalue weighted by atomic mass is 10.1. The van der Waals surface area contributed by atoms with Crippen LogP contribution in [0.15, 0.2) is 36.4 Å². The number of nitrogens with one attached hydrogen (secondary N) is 1. The van der Waals surface area contributed by atoms with Crippen molar-refractivity contribution in [1.29, 1.82) is 0 Å². The predicted molar refractivity (Wildman–Crippen MR) is 70.4 cm³/mol. The van der Waals surface area contributed by atoms with Crippen molar-refractivity contribution in [3.63, 3.8) is 0 Å². The molecule has 2 N–H and O–H groups in total. The van der Waals surface area contributed by atoms with Crippen LogP contribution < -0.4 is 5.32 Å². The standard InChI is InChI=1S/C15H13F2NO2/c1-9-6-12(14(17)7-13(9)16)15(20)18-8-10-2-4-11(19)5-3-10/h2-7,19H,8H2,1H3,(H,18,20). The zero-order valence-corrected chi connectivity index (χ0v) is 10.8. The molecular formula is C15H13F2NO2. The number of phenols is 1. The van der Waals surface area contributed by atoms with Crippen molar-refractivity contribution in [2.24, 2.45) is 0 Å². The molecule has 3 nitrogen and oxygen atoms in total. The van der Waals surface area contributed by atoms with E-state index >= 15 is 0 Å². The summed E-state index contributed by atoms with van der Waals surface area (Å²) in [7, 11) is 0. The Morgan fingerprint density at radius 2 is 1.80 bits per heavy atom. The van der Waals surface area contributed by atoms with Crippen molar-refractivity contribution in [2.75, 3.05) is 0 Å². The zero-order chi connectivity index (χ0) is 14.7. The van der Waals surface area contributed by atoms with Crippen LogP contribution in [0.25, 0.3) is 0 Å². The highest BCUT2D eigenvalue weighted by atomic mass is 19.1. The summed E-state index contributed by atoms with van der Waals surface area (Å²) in [5, 5.41) is 11.7. The normalized spacial score (nSPS) is 10.3. The number of aryl methyl sites for hydroxylation is 1. The Balaban J connectivity index is 2.09. The van der Waals surface area contributed by atoms with Crippen molar-refractivity contribution in [3.05, 3.63) is 64.7 Å². The molecule has 0 radical (unpaired) electrons. The highest BCUT2D eigenvalue weighted by Gasteiger charge is 2.14. The van der Waals surface area contributed by atoms with E-state index in [1.807, 2.05) is 0 Å². The Hall–Kier alpha value is -2.43. The highest BCUT2D eigenvalue weighted by Crippen LogP contribution is 2.14. The van der Waals surface area contributed by atoms with E-state index in [0.29, 0.717) is 6.07 Å². The van der Waals surface area contributed by atoms with Crippen molar-refractivity contribution >= 4 is 5.91 Å². The molecule has 0 aromatic heterocycles. The van der Waals surface area contributed by atoms with Crippen LogP contribution >= 0.6 is 0 Å². The molecule has 2 aromatic carbocycles. The van der Waals surface area contributed by atoms with Gasteiger partial charge in [-0.15, -0.1) is 0 Å². The average molecular weight is 277 g/mol. The van der Waals surface area contributed by atoms with Crippen LogP contribution in [-0.2, 0) is 6.54 Å². The Morgan fingerprint density at radius 1 is 1.15 bits per heavy atom. The number of halogens is 2. The van der Waals surface area contributed by atoms with Gasteiger partial charge in [-0.05, 0) is 36.2 Å². The molecule has 1 amide bonds. The summed E-state index contributed by atoms with van der Waals surface area (Å²) in [5.41, 5.74) is 0.777. The Kier molecular flexibility index (Phi) is 3.98. The van der Waals surface area contributed by atoms with E-state index in [9.17, 15) is 13.6 Å². The third-order valence-electron chi connectivity index (χ3n) is 2.88. The lowest BCUT2D eigenvalue weighted by Crippen LogP contribution is -2.24. The van der Waals surface area contributed by atoms with Gasteiger partial charge in [0.1, 0.15) is 17.4 Å². The number of carbonyl (C=O) groups is 1. The van der Waals surface area contributed by atoms with E-state index in [4.69, 9.17) is 5.11 Å². The van der Waals surface area contributed by atoms with Gasteiger partial charge in [0.15, 0.2) is 0 Å². The second-order valence-electron chi connectivity index (χ2n) is 4.43. The summed E-state index contributed by atoms with van der Waals surface area (Å²) in [4.78, 5) is 11.8. The fourth-order valence-electron chi connectivity index (χ4n) is 1.72. The van der Waals surface area contributed by atoms with Crippen LogP contribution in [0.2, 0.25) is 0 Å². The maximum atomic E-state index is 13.5. The van der Waals surface area contributed by atoms with Crippen LogP contribution in [-0.4, -0.2) is 11.0 Å². The first-order valence-corrected chi connectivity index (χ1v) is 5.99. The lowest BCUT2D eigenvalue weighted by Gasteiger charge is -2.08. The van der Waals surface area contributed by atoms with Crippen molar-refractivity contribution in [3.8, 4) is 5.75 Å². The first-order chi connectivity index (χ1) is 9.47. The maximum absolute atomic E-state index is 13.5. The van der Waals surface area contributed by atoms with Gasteiger partial charge in [-0.2, -0.15) is 0 Å². The highest BCUT2D eigenvalue weighted by molar-refractivity contribution is 5.94. The monoisotopic (exact) mass is 277 g/mol. The molecule has 0 saturated carbocycles. The SMILES string of the molecule is Cc1cc(C(=O)NCc2ccc(O)cc2)c(F)cc1F. The molecule has 2 aromatic rings. The number of phenolic OH excluding ortho intramolecular Hbond substituents is 1. The minimum atomic E-state index is -0.892. The minimum absolute atomic E-state index is 0.125. The van der Waals surface area contributed by atoms with Crippen molar-refractivity contribution in [1.82, 2.24) is 5.32 Å². The van der Waals surface area contributed by atoms with E-state index in [1.165, 1.54) is 25.1 Å². The molecule has 0 aliphatic rings. The summed E-state index contributed by atoms with van der Waals surface area (Å²) in [6, 6.07) is 8.14. The largest absolute Gasteiger partial charge is 0.508 e. The van der Waals surface area contributed by atoms with Gasteiger partial charge in [0.2, 0.25) is 0 Å². The van der Waals surface area contributed by atoms with Crippen LogP contribution in [0.5, 0.6) is 5.75 Å². The van der Waals surface area contributed by atoms with Gasteiger partial charge in [-0.25, -0.2) is 8.78 Å². The van der Waals surface area contributed by atoms with Gasteiger partial charge in [0.05, 0.1) is 5.56 Å². The quantitative estimate of drug-likeness (QED) is 0.906. The molecule has 0 unspecified atom stereocenters. The van der Waals surface area contributed by atoms with Gasteiger partial charge in [-0.1, -0.05) is 12.1 Å². The lowest BCUT2D eigenvalue weighted by molar-refractivity contribution is 0.0946. The molecule has 0 aliphatic carbocycles. The molecule has 5 heteroatoms. The third kappa shape index (κ3) is 3.12. The first-order valence-electron chi connectivity index (χ1n) is 5.99. The molecule has 0 heterocycles. The van der Waals surface area contributed by atoms with Crippen molar-refractivity contribution in [2.45, 2.75) is 13.5 Å². The molecule has 0 fully saturated rings. The summed E-state index contributed by atoms with van der Waals surface area (Å²) < 4.78 is 26.6. The Morgan fingerprint density at radius 3 is 2.45 bits per heavy atom. The average Bonchev–Trinajstić information content (AvgIpc) is 2.42. The second kappa shape index (κ2) is 5.69. The number of amides is 1. The Bertz CT molecular complexity index is 639. The zero-order valence-electron chi connectivity index (χ0n) is 10.8. The van der Waals surface area contributed by atoms with Crippen LogP contribution in [0.3, 0.4) is 0 Å². The van der Waals surface area contributed by atoms with Gasteiger partial charge < -0.3 is 10.4 Å². The fraction of sp³-hybridized carbons (Fsp3) is 0.133. The van der Waals surface area contributed by atoms with Crippen LogP contribution in [0.1, 0.15) is 21.5 Å². The first kappa shape index (κ1) is 14.0. The van der Waals surface area contributed by atoms with Crippen LogP contribution in [0, 0.1) is 18.6 Å². The smallest absolute Gasteiger partial charge is 0.254 e.